The van der Waals surface area contributed by atoms with Crippen molar-refractivity contribution in [3.8, 4) is 0 Å². The number of nitrogens with zero attached hydrogens (tertiary/aromatic N) is 2. The van der Waals surface area contributed by atoms with Gasteiger partial charge in [0.05, 0.1) is 5.75 Å². The smallest absolute Gasteiger partial charge is 0.191 e. The number of guanidine groups is 1. The molecule has 1 fully saturated rings. The molecule has 1 aromatic carbocycles. The van der Waals surface area contributed by atoms with E-state index in [1.54, 1.807) is 6.07 Å². The Hall–Kier alpha value is -1.83. The molecule has 1 heterocycles. The van der Waals surface area contributed by atoms with Gasteiger partial charge in [0.1, 0.15) is 15.7 Å². The first-order chi connectivity index (χ1) is 14.0. The molecule has 8 heteroatoms. The monoisotopic (exact) mass is 440 g/mol. The Bertz CT molecular complexity index is 840. The number of anilines is 1. The van der Waals surface area contributed by atoms with Crippen molar-refractivity contribution in [3.63, 3.8) is 0 Å². The van der Waals surface area contributed by atoms with Crippen molar-refractivity contribution < 1.29 is 12.8 Å². The summed E-state index contributed by atoms with van der Waals surface area (Å²) < 4.78 is 36.4. The van der Waals surface area contributed by atoms with Crippen LogP contribution in [0, 0.1) is 18.2 Å². The van der Waals surface area contributed by atoms with Crippen LogP contribution in [0.2, 0.25) is 0 Å². The maximum absolute atomic E-state index is 13.5. The van der Waals surface area contributed by atoms with Crippen LogP contribution in [0.25, 0.3) is 0 Å². The second kappa shape index (κ2) is 10.5. The highest BCUT2D eigenvalue weighted by Gasteiger charge is 2.23. The van der Waals surface area contributed by atoms with Crippen molar-refractivity contribution in [3.05, 3.63) is 29.6 Å². The minimum Gasteiger partial charge on any atom is -0.369 e. The van der Waals surface area contributed by atoms with Crippen LogP contribution in [0.15, 0.2) is 23.2 Å². The maximum Gasteiger partial charge on any atom is 0.191 e. The molecular weight excluding hydrogens is 403 g/mol. The number of rotatable bonds is 8. The van der Waals surface area contributed by atoms with Gasteiger partial charge in [-0.05, 0) is 62.3 Å². The number of halogens is 1. The largest absolute Gasteiger partial charge is 0.369 e. The second-order valence-corrected chi connectivity index (χ2v) is 11.4. The summed E-state index contributed by atoms with van der Waals surface area (Å²) >= 11 is 0. The molecule has 2 N–H and O–H groups in total. The van der Waals surface area contributed by atoms with Gasteiger partial charge in [0, 0.05) is 44.2 Å². The molecule has 1 aliphatic heterocycles. The van der Waals surface area contributed by atoms with E-state index in [0.29, 0.717) is 13.0 Å². The average Bonchev–Trinajstić information content (AvgIpc) is 2.65. The SMILES string of the molecule is CCNC(=NCC(C)(C)CCS(C)(=O)=O)NC1CCCN(c2ccc(F)cc2C)C1. The van der Waals surface area contributed by atoms with E-state index < -0.39 is 9.84 Å². The molecule has 6 nitrogen and oxygen atoms in total. The fourth-order valence-electron chi connectivity index (χ4n) is 3.63. The lowest BCUT2D eigenvalue weighted by molar-refractivity contribution is 0.364. The van der Waals surface area contributed by atoms with Crippen LogP contribution in [0.1, 0.15) is 45.6 Å². The van der Waals surface area contributed by atoms with E-state index in [4.69, 9.17) is 4.99 Å². The zero-order valence-electron chi connectivity index (χ0n) is 19.0. The molecule has 0 saturated carbocycles. The van der Waals surface area contributed by atoms with Gasteiger partial charge in [0.2, 0.25) is 0 Å². The minimum absolute atomic E-state index is 0.175. The molecule has 170 valence electrons. The number of sulfone groups is 1. The Morgan fingerprint density at radius 1 is 1.37 bits per heavy atom. The Kier molecular flexibility index (Phi) is 8.52. The molecule has 0 spiro atoms. The molecular formula is C22H37FN4O2S. The number of benzene rings is 1. The van der Waals surface area contributed by atoms with Crippen molar-refractivity contribution in [2.45, 2.75) is 53.0 Å². The molecule has 0 bridgehead atoms. The lowest BCUT2D eigenvalue weighted by atomic mass is 9.90. The second-order valence-electron chi connectivity index (χ2n) is 9.10. The molecule has 1 aromatic rings. The minimum atomic E-state index is -2.98. The zero-order valence-corrected chi connectivity index (χ0v) is 19.8. The number of hydrogen-bond donors (Lipinski definition) is 2. The molecule has 1 atom stereocenters. The van der Waals surface area contributed by atoms with Crippen LogP contribution in [-0.4, -0.2) is 58.6 Å². The van der Waals surface area contributed by atoms with Crippen LogP contribution in [0.4, 0.5) is 10.1 Å². The van der Waals surface area contributed by atoms with Gasteiger partial charge in [0.15, 0.2) is 5.96 Å². The molecule has 1 saturated heterocycles. The van der Waals surface area contributed by atoms with Crippen molar-refractivity contribution in [2.75, 3.05) is 43.1 Å². The fraction of sp³-hybridized carbons (Fsp3) is 0.682. The number of piperidine rings is 1. The van der Waals surface area contributed by atoms with E-state index in [2.05, 4.69) is 15.5 Å². The lowest BCUT2D eigenvalue weighted by Gasteiger charge is -2.36. The van der Waals surface area contributed by atoms with Gasteiger partial charge >= 0.3 is 0 Å². The summed E-state index contributed by atoms with van der Waals surface area (Å²) in [5, 5.41) is 6.84. The van der Waals surface area contributed by atoms with Gasteiger partial charge in [0.25, 0.3) is 0 Å². The number of aryl methyl sites for hydroxylation is 1. The number of aliphatic imine (C=N–C) groups is 1. The maximum atomic E-state index is 13.5. The molecule has 1 aliphatic rings. The van der Waals surface area contributed by atoms with E-state index in [1.165, 1.54) is 12.3 Å². The van der Waals surface area contributed by atoms with Crippen molar-refractivity contribution in [1.82, 2.24) is 10.6 Å². The van der Waals surface area contributed by atoms with E-state index in [-0.39, 0.29) is 23.0 Å². The predicted octanol–water partition coefficient (Wildman–Crippen LogP) is 3.12. The summed E-state index contributed by atoms with van der Waals surface area (Å²) in [4.78, 5) is 7.04. The van der Waals surface area contributed by atoms with Crippen LogP contribution in [0.3, 0.4) is 0 Å². The first-order valence-electron chi connectivity index (χ1n) is 10.7. The third-order valence-corrected chi connectivity index (χ3v) is 6.37. The van der Waals surface area contributed by atoms with Gasteiger partial charge in [-0.1, -0.05) is 13.8 Å². The average molecular weight is 441 g/mol. The molecule has 1 unspecified atom stereocenters. The van der Waals surface area contributed by atoms with Gasteiger partial charge in [-0.15, -0.1) is 0 Å². The lowest BCUT2D eigenvalue weighted by Crippen LogP contribution is -2.51. The molecule has 0 aliphatic carbocycles. The molecule has 2 rings (SSSR count). The highest BCUT2D eigenvalue weighted by Crippen LogP contribution is 2.25. The molecule has 0 radical (unpaired) electrons. The Morgan fingerprint density at radius 3 is 2.73 bits per heavy atom. The van der Waals surface area contributed by atoms with Gasteiger partial charge in [-0.25, -0.2) is 12.8 Å². The van der Waals surface area contributed by atoms with E-state index in [0.717, 1.165) is 49.7 Å². The van der Waals surface area contributed by atoms with Gasteiger partial charge < -0.3 is 15.5 Å². The van der Waals surface area contributed by atoms with Crippen molar-refractivity contribution in [2.24, 2.45) is 10.4 Å². The third-order valence-electron chi connectivity index (χ3n) is 5.42. The Morgan fingerprint density at radius 2 is 2.10 bits per heavy atom. The summed E-state index contributed by atoms with van der Waals surface area (Å²) in [7, 11) is -2.98. The van der Waals surface area contributed by atoms with Crippen molar-refractivity contribution >= 4 is 21.5 Å². The highest BCUT2D eigenvalue weighted by molar-refractivity contribution is 7.90. The first-order valence-corrected chi connectivity index (χ1v) is 12.8. The van der Waals surface area contributed by atoms with Crippen LogP contribution in [0.5, 0.6) is 0 Å². The van der Waals surface area contributed by atoms with Crippen molar-refractivity contribution in [1.29, 1.82) is 0 Å². The summed E-state index contributed by atoms with van der Waals surface area (Å²) in [5.41, 5.74) is 1.82. The Labute approximate surface area is 181 Å². The molecule has 0 amide bonds. The summed E-state index contributed by atoms with van der Waals surface area (Å²) in [6, 6.07) is 5.19. The third kappa shape index (κ3) is 8.13. The predicted molar refractivity (Wildman–Crippen MR) is 124 cm³/mol. The summed E-state index contributed by atoms with van der Waals surface area (Å²) in [6.45, 7) is 11.1. The topological polar surface area (TPSA) is 73.8 Å². The standard InChI is InChI=1S/C22H37FN4O2S/c1-6-24-21(25-16-22(3,4)11-13-30(5,28)29)26-19-8-7-12-27(15-19)20-10-9-18(23)14-17(20)2/h9-10,14,19H,6-8,11-13,15-16H2,1-5H3,(H2,24,25,26). The quantitative estimate of drug-likeness (QED) is 0.480. The van der Waals surface area contributed by atoms with Crippen LogP contribution >= 0.6 is 0 Å². The Balaban J connectivity index is 2.01. The molecule has 30 heavy (non-hydrogen) atoms. The van der Waals surface area contributed by atoms with Gasteiger partial charge in [-0.3, -0.25) is 4.99 Å². The first kappa shape index (κ1) is 24.4. The van der Waals surface area contributed by atoms with E-state index in [1.807, 2.05) is 33.8 Å². The summed E-state index contributed by atoms with van der Waals surface area (Å²) in [6.07, 6.45) is 3.94. The van der Waals surface area contributed by atoms with Crippen LogP contribution in [-0.2, 0) is 9.84 Å². The van der Waals surface area contributed by atoms with Crippen LogP contribution < -0.4 is 15.5 Å². The van der Waals surface area contributed by atoms with Gasteiger partial charge in [-0.2, -0.15) is 0 Å². The summed E-state index contributed by atoms with van der Waals surface area (Å²) in [5.74, 6) is 0.726. The van der Waals surface area contributed by atoms with E-state index in [9.17, 15) is 12.8 Å². The number of nitrogens with one attached hydrogen (secondary N) is 2. The normalized spacial score (nSPS) is 18.4. The van der Waals surface area contributed by atoms with E-state index >= 15 is 0 Å². The number of hydrogen-bond acceptors (Lipinski definition) is 4. The fourth-order valence-corrected chi connectivity index (χ4v) is 4.56. The zero-order chi connectivity index (χ0) is 22.4. The molecule has 0 aromatic heterocycles. The highest BCUT2D eigenvalue weighted by atomic mass is 32.2.